The summed E-state index contributed by atoms with van der Waals surface area (Å²) < 4.78 is 11.7. The second kappa shape index (κ2) is 16.0. The van der Waals surface area contributed by atoms with E-state index in [9.17, 15) is 19.2 Å². The van der Waals surface area contributed by atoms with E-state index < -0.39 is 29.8 Å². The third-order valence-corrected chi connectivity index (χ3v) is 7.23. The van der Waals surface area contributed by atoms with Crippen molar-refractivity contribution >= 4 is 35.2 Å². The summed E-state index contributed by atoms with van der Waals surface area (Å²) >= 11 is 5.90. The molecule has 1 aliphatic rings. The van der Waals surface area contributed by atoms with Crippen LogP contribution in [0.3, 0.4) is 0 Å². The Morgan fingerprint density at radius 3 is 2.45 bits per heavy atom. The van der Waals surface area contributed by atoms with Gasteiger partial charge < -0.3 is 30.7 Å². The number of hydrogen-bond acceptors (Lipinski definition) is 6. The summed E-state index contributed by atoms with van der Waals surface area (Å²) in [4.78, 5) is 53.2. The van der Waals surface area contributed by atoms with Gasteiger partial charge in [-0.15, -0.1) is 0 Å². The number of fused-ring (bicyclic) bond motifs is 1. The lowest BCUT2D eigenvalue weighted by Gasteiger charge is -2.29. The molecule has 2 aromatic rings. The van der Waals surface area contributed by atoms with Crippen LogP contribution in [0.1, 0.15) is 57.3 Å². The second-order valence-corrected chi connectivity index (χ2v) is 11.3. The summed E-state index contributed by atoms with van der Waals surface area (Å²) in [6.45, 7) is 8.32. The average Bonchev–Trinajstić information content (AvgIpc) is 2.96. The standard InChI is InChI=1S/C31H41ClN4O6/c1-5-20(4)28-31(40)34-22(16-19(2)3)18-42-26-9-7-6-8-24(26)29(38)35-25(17-27(37)36-28)30(39)33-14-15-41-23-12-10-21(32)11-13-23/h6-13,19-20,22,25,28H,5,14-18H2,1-4H3,(H,33,39)(H,34,40)(H,35,38)(H,36,37)/t20-,22-,25-,28-/m0/s1. The average molecular weight is 601 g/mol. The molecule has 0 bridgehead atoms. The van der Waals surface area contributed by atoms with Crippen LogP contribution in [0.2, 0.25) is 5.02 Å². The third-order valence-electron chi connectivity index (χ3n) is 6.98. The molecule has 4 amide bonds. The van der Waals surface area contributed by atoms with Crippen LogP contribution in [0.5, 0.6) is 11.5 Å². The Morgan fingerprint density at radius 1 is 1.05 bits per heavy atom. The van der Waals surface area contributed by atoms with Gasteiger partial charge in [0.2, 0.25) is 17.7 Å². The lowest BCUT2D eigenvalue weighted by molar-refractivity contribution is -0.132. The zero-order valence-electron chi connectivity index (χ0n) is 24.6. The molecule has 2 aromatic carbocycles. The number of carbonyl (C=O) groups excluding carboxylic acids is 4. The molecule has 0 saturated carbocycles. The van der Waals surface area contributed by atoms with E-state index >= 15 is 0 Å². The molecule has 0 unspecified atom stereocenters. The number of hydrogen-bond donors (Lipinski definition) is 4. The van der Waals surface area contributed by atoms with Gasteiger partial charge in [-0.3, -0.25) is 19.2 Å². The lowest BCUT2D eigenvalue weighted by atomic mass is 9.96. The normalized spacial score (nSPS) is 20.6. The molecule has 4 N–H and O–H groups in total. The molecule has 0 fully saturated rings. The Hall–Kier alpha value is -3.79. The van der Waals surface area contributed by atoms with E-state index in [-0.39, 0.29) is 55.5 Å². The summed E-state index contributed by atoms with van der Waals surface area (Å²) in [5.74, 6) is -0.980. The molecule has 228 valence electrons. The largest absolute Gasteiger partial charge is 0.492 e. The quantitative estimate of drug-likeness (QED) is 0.326. The van der Waals surface area contributed by atoms with E-state index in [4.69, 9.17) is 21.1 Å². The molecular formula is C31H41ClN4O6. The van der Waals surface area contributed by atoms with Crippen molar-refractivity contribution in [1.82, 2.24) is 21.3 Å². The number of ether oxygens (including phenoxy) is 2. The van der Waals surface area contributed by atoms with E-state index in [0.29, 0.717) is 29.4 Å². The smallest absolute Gasteiger partial charge is 0.255 e. The predicted octanol–water partition coefficient (Wildman–Crippen LogP) is 3.48. The molecule has 4 atom stereocenters. The SMILES string of the molecule is CC[C@H](C)[C@@H]1NC(=O)C[C@@H](C(=O)NCCOc2ccc(Cl)cc2)NC(=O)c2ccccc2OC[C@H](CC(C)C)NC1=O. The number of carbonyl (C=O) groups is 4. The van der Waals surface area contributed by atoms with Gasteiger partial charge in [0.1, 0.15) is 36.8 Å². The van der Waals surface area contributed by atoms with E-state index in [0.717, 1.165) is 0 Å². The van der Waals surface area contributed by atoms with Gasteiger partial charge in [0.25, 0.3) is 5.91 Å². The second-order valence-electron chi connectivity index (χ2n) is 10.9. The minimum absolute atomic E-state index is 0.129. The monoisotopic (exact) mass is 600 g/mol. The number of nitrogens with one attached hydrogen (secondary N) is 4. The Balaban J connectivity index is 1.81. The molecule has 1 aliphatic heterocycles. The van der Waals surface area contributed by atoms with Gasteiger partial charge in [-0.25, -0.2) is 0 Å². The van der Waals surface area contributed by atoms with Crippen LogP contribution in [0.25, 0.3) is 0 Å². The van der Waals surface area contributed by atoms with Crippen molar-refractivity contribution in [2.45, 2.75) is 65.1 Å². The van der Waals surface area contributed by atoms with E-state index in [1.54, 1.807) is 48.5 Å². The van der Waals surface area contributed by atoms with Crippen molar-refractivity contribution in [1.29, 1.82) is 0 Å². The zero-order chi connectivity index (χ0) is 30.6. The molecule has 11 heteroatoms. The van der Waals surface area contributed by atoms with E-state index in [2.05, 4.69) is 21.3 Å². The topological polar surface area (TPSA) is 135 Å². The number of halogens is 1. The van der Waals surface area contributed by atoms with Gasteiger partial charge in [0.05, 0.1) is 24.6 Å². The summed E-state index contributed by atoms with van der Waals surface area (Å²) in [6, 6.07) is 11.1. The summed E-state index contributed by atoms with van der Waals surface area (Å²) in [7, 11) is 0. The fourth-order valence-electron chi connectivity index (χ4n) is 4.56. The third kappa shape index (κ3) is 9.94. The van der Waals surface area contributed by atoms with Crippen molar-refractivity contribution in [2.75, 3.05) is 19.8 Å². The Labute approximate surface area is 252 Å². The highest BCUT2D eigenvalue weighted by atomic mass is 35.5. The van der Waals surface area contributed by atoms with Gasteiger partial charge >= 0.3 is 0 Å². The first-order chi connectivity index (χ1) is 20.1. The van der Waals surface area contributed by atoms with Gasteiger partial charge in [-0.05, 0) is 54.7 Å². The van der Waals surface area contributed by atoms with Crippen LogP contribution in [-0.4, -0.2) is 61.5 Å². The highest BCUT2D eigenvalue weighted by molar-refractivity contribution is 6.30. The molecule has 42 heavy (non-hydrogen) atoms. The Kier molecular flexibility index (Phi) is 12.5. The molecule has 1 heterocycles. The maximum Gasteiger partial charge on any atom is 0.255 e. The highest BCUT2D eigenvalue weighted by Crippen LogP contribution is 2.20. The molecular weight excluding hydrogens is 560 g/mol. The van der Waals surface area contributed by atoms with Crippen LogP contribution in [0.4, 0.5) is 0 Å². The van der Waals surface area contributed by atoms with Crippen molar-refractivity contribution < 1.29 is 28.7 Å². The van der Waals surface area contributed by atoms with Gasteiger partial charge in [-0.2, -0.15) is 0 Å². The van der Waals surface area contributed by atoms with Crippen LogP contribution in [0, 0.1) is 11.8 Å². The van der Waals surface area contributed by atoms with Crippen LogP contribution >= 0.6 is 11.6 Å². The van der Waals surface area contributed by atoms with Crippen molar-refractivity contribution in [3.63, 3.8) is 0 Å². The first-order valence-corrected chi connectivity index (χ1v) is 14.7. The first kappa shape index (κ1) is 32.7. The molecule has 0 radical (unpaired) electrons. The summed E-state index contributed by atoms with van der Waals surface area (Å²) in [5.41, 5.74) is 0.214. The van der Waals surface area contributed by atoms with Crippen molar-refractivity contribution in [3.8, 4) is 11.5 Å². The number of para-hydroxylation sites is 1. The molecule has 10 nitrogen and oxygen atoms in total. The highest BCUT2D eigenvalue weighted by Gasteiger charge is 2.32. The molecule has 0 saturated heterocycles. The minimum atomic E-state index is -1.21. The number of amides is 4. The Bertz CT molecular complexity index is 1220. The zero-order valence-corrected chi connectivity index (χ0v) is 25.3. The van der Waals surface area contributed by atoms with Gasteiger partial charge in [0.15, 0.2) is 0 Å². The van der Waals surface area contributed by atoms with Crippen LogP contribution in [0.15, 0.2) is 48.5 Å². The maximum atomic E-state index is 13.4. The van der Waals surface area contributed by atoms with Gasteiger partial charge in [0, 0.05) is 5.02 Å². The fourth-order valence-corrected chi connectivity index (χ4v) is 4.69. The fraction of sp³-hybridized carbons (Fsp3) is 0.484. The first-order valence-electron chi connectivity index (χ1n) is 14.4. The van der Waals surface area contributed by atoms with E-state index in [1.807, 2.05) is 27.7 Å². The predicted molar refractivity (Wildman–Crippen MR) is 161 cm³/mol. The maximum absolute atomic E-state index is 13.4. The van der Waals surface area contributed by atoms with Crippen molar-refractivity contribution in [3.05, 3.63) is 59.1 Å². The summed E-state index contributed by atoms with van der Waals surface area (Å²) in [5, 5.41) is 11.8. The van der Waals surface area contributed by atoms with Crippen LogP contribution in [-0.2, 0) is 14.4 Å². The molecule has 0 aromatic heterocycles. The van der Waals surface area contributed by atoms with Gasteiger partial charge in [-0.1, -0.05) is 57.8 Å². The summed E-state index contributed by atoms with van der Waals surface area (Å²) in [6.07, 6.45) is 0.922. The molecule has 3 rings (SSSR count). The molecule has 0 aliphatic carbocycles. The number of benzene rings is 2. The minimum Gasteiger partial charge on any atom is -0.492 e. The van der Waals surface area contributed by atoms with E-state index in [1.165, 1.54) is 0 Å². The van der Waals surface area contributed by atoms with Crippen LogP contribution < -0.4 is 30.7 Å². The molecule has 0 spiro atoms. The Morgan fingerprint density at radius 2 is 1.76 bits per heavy atom. The van der Waals surface area contributed by atoms with Crippen molar-refractivity contribution in [2.24, 2.45) is 11.8 Å². The number of rotatable bonds is 9. The lowest BCUT2D eigenvalue weighted by Crippen LogP contribution is -2.56.